The van der Waals surface area contributed by atoms with E-state index in [2.05, 4.69) is 35.6 Å². The Morgan fingerprint density at radius 2 is 2.00 bits per heavy atom. The second kappa shape index (κ2) is 4.20. The van der Waals surface area contributed by atoms with E-state index in [-0.39, 0.29) is 0 Å². The van der Waals surface area contributed by atoms with E-state index in [1.807, 2.05) is 11.3 Å². The number of thiazole rings is 1. The number of imidazole rings is 1. The number of hydrogen-bond acceptors (Lipinski definition) is 2. The number of fused-ring (bicyclic) bond motifs is 7. The van der Waals surface area contributed by atoms with Crippen LogP contribution in [0.4, 0.5) is 0 Å². The van der Waals surface area contributed by atoms with Gasteiger partial charge in [0.1, 0.15) is 0 Å². The second-order valence-electron chi connectivity index (χ2n) is 6.40. The Bertz CT molecular complexity index is 856. The van der Waals surface area contributed by atoms with E-state index in [0.717, 1.165) is 6.42 Å². The predicted octanol–water partition coefficient (Wildman–Crippen LogP) is 4.60. The molecule has 2 aromatic heterocycles. The quantitative estimate of drug-likeness (QED) is 0.592. The fourth-order valence-electron chi connectivity index (χ4n) is 4.04. The summed E-state index contributed by atoms with van der Waals surface area (Å²) < 4.78 is 2.50. The molecule has 21 heavy (non-hydrogen) atoms. The van der Waals surface area contributed by atoms with E-state index in [1.165, 1.54) is 53.2 Å². The fourth-order valence-corrected chi connectivity index (χ4v) is 5.27. The lowest BCUT2D eigenvalue weighted by Crippen LogP contribution is -2.12. The molecule has 2 heterocycles. The van der Waals surface area contributed by atoms with Crippen molar-refractivity contribution in [2.24, 2.45) is 0 Å². The van der Waals surface area contributed by atoms with Crippen molar-refractivity contribution in [3.8, 4) is 11.3 Å². The van der Waals surface area contributed by atoms with E-state index in [1.54, 1.807) is 10.6 Å². The zero-order valence-electron chi connectivity index (χ0n) is 12.2. The molecule has 0 N–H and O–H groups in total. The van der Waals surface area contributed by atoms with Crippen LogP contribution in [0.25, 0.3) is 16.2 Å². The monoisotopic (exact) mass is 294 g/mol. The summed E-state index contributed by atoms with van der Waals surface area (Å²) in [5, 5.41) is 0. The Morgan fingerprint density at radius 3 is 2.95 bits per heavy atom. The Labute approximate surface area is 128 Å². The molecule has 3 heteroatoms. The molecule has 3 aromatic rings. The van der Waals surface area contributed by atoms with E-state index in [4.69, 9.17) is 4.98 Å². The SMILES string of the molecule is CC1Cc2c(nc3sc4c(n23)CCCC4)-c2ccccc21. The molecular formula is C18H18N2S. The van der Waals surface area contributed by atoms with Crippen LogP contribution >= 0.6 is 11.3 Å². The van der Waals surface area contributed by atoms with Crippen molar-refractivity contribution in [2.75, 3.05) is 0 Å². The van der Waals surface area contributed by atoms with Gasteiger partial charge in [0.25, 0.3) is 0 Å². The van der Waals surface area contributed by atoms with E-state index in [9.17, 15) is 0 Å². The highest BCUT2D eigenvalue weighted by Crippen LogP contribution is 2.42. The number of benzene rings is 1. The summed E-state index contributed by atoms with van der Waals surface area (Å²) in [7, 11) is 0. The summed E-state index contributed by atoms with van der Waals surface area (Å²) in [6.07, 6.45) is 6.28. The maximum absolute atomic E-state index is 5.02. The standard InChI is InChI=1S/C18H18N2S/c1-11-10-15-17(13-7-3-2-6-12(11)13)19-18-20(15)14-8-4-5-9-16(14)21-18/h2-3,6-7,11H,4-5,8-10H2,1H3. The molecule has 0 saturated heterocycles. The van der Waals surface area contributed by atoms with Crippen LogP contribution in [-0.4, -0.2) is 9.38 Å². The molecule has 0 radical (unpaired) electrons. The molecule has 0 saturated carbocycles. The zero-order chi connectivity index (χ0) is 14.0. The summed E-state index contributed by atoms with van der Waals surface area (Å²) in [6, 6.07) is 8.81. The summed E-state index contributed by atoms with van der Waals surface area (Å²) in [6.45, 7) is 2.35. The van der Waals surface area contributed by atoms with Gasteiger partial charge in [-0.3, -0.25) is 4.40 Å². The number of hydrogen-bond donors (Lipinski definition) is 0. The van der Waals surface area contributed by atoms with Crippen molar-refractivity contribution in [1.82, 2.24) is 9.38 Å². The lowest BCUT2D eigenvalue weighted by molar-refractivity contribution is 0.659. The topological polar surface area (TPSA) is 17.3 Å². The molecule has 2 aliphatic carbocycles. The van der Waals surface area contributed by atoms with Crippen molar-refractivity contribution in [2.45, 2.75) is 44.9 Å². The third-order valence-corrected chi connectivity index (χ3v) is 6.20. The first-order valence-corrected chi connectivity index (χ1v) is 8.76. The molecule has 0 amide bonds. The third-order valence-electron chi connectivity index (χ3n) is 5.06. The minimum absolute atomic E-state index is 0.591. The Balaban J connectivity index is 1.83. The summed E-state index contributed by atoms with van der Waals surface area (Å²) in [4.78, 5) is 7.82. The first-order chi connectivity index (χ1) is 10.3. The van der Waals surface area contributed by atoms with Gasteiger partial charge in [-0.15, -0.1) is 11.3 Å². The van der Waals surface area contributed by atoms with Crippen LogP contribution in [0.5, 0.6) is 0 Å². The van der Waals surface area contributed by atoms with Gasteiger partial charge in [0.2, 0.25) is 0 Å². The number of aryl methyl sites for hydroxylation is 2. The van der Waals surface area contributed by atoms with Crippen LogP contribution in [0.3, 0.4) is 0 Å². The smallest absolute Gasteiger partial charge is 0.194 e. The highest BCUT2D eigenvalue weighted by molar-refractivity contribution is 7.17. The zero-order valence-corrected chi connectivity index (χ0v) is 13.0. The molecule has 0 bridgehead atoms. The van der Waals surface area contributed by atoms with E-state index < -0.39 is 0 Å². The molecular weight excluding hydrogens is 276 g/mol. The largest absolute Gasteiger partial charge is 0.291 e. The molecule has 1 unspecified atom stereocenters. The first kappa shape index (κ1) is 12.0. The van der Waals surface area contributed by atoms with Crippen LogP contribution in [0, 0.1) is 0 Å². The van der Waals surface area contributed by atoms with Gasteiger partial charge in [0.05, 0.1) is 11.4 Å². The summed E-state index contributed by atoms with van der Waals surface area (Å²) >= 11 is 1.92. The van der Waals surface area contributed by atoms with Gasteiger partial charge in [0, 0.05) is 16.1 Å². The lowest BCUT2D eigenvalue weighted by atomic mass is 9.84. The van der Waals surface area contributed by atoms with E-state index in [0.29, 0.717) is 5.92 Å². The van der Waals surface area contributed by atoms with Crippen LogP contribution in [-0.2, 0) is 19.3 Å². The molecule has 5 rings (SSSR count). The van der Waals surface area contributed by atoms with Crippen molar-refractivity contribution in [1.29, 1.82) is 0 Å². The van der Waals surface area contributed by atoms with Crippen molar-refractivity contribution in [3.63, 3.8) is 0 Å². The molecule has 0 aliphatic heterocycles. The third kappa shape index (κ3) is 1.55. The van der Waals surface area contributed by atoms with Gasteiger partial charge in [-0.1, -0.05) is 31.2 Å². The van der Waals surface area contributed by atoms with Crippen LogP contribution in [0.15, 0.2) is 24.3 Å². The maximum Gasteiger partial charge on any atom is 0.194 e. The molecule has 0 spiro atoms. The minimum Gasteiger partial charge on any atom is -0.291 e. The fraction of sp³-hybridized carbons (Fsp3) is 0.389. The molecule has 2 aliphatic rings. The van der Waals surface area contributed by atoms with Crippen LogP contribution < -0.4 is 0 Å². The lowest BCUT2D eigenvalue weighted by Gasteiger charge is -2.23. The average molecular weight is 294 g/mol. The van der Waals surface area contributed by atoms with Gasteiger partial charge >= 0.3 is 0 Å². The Hall–Kier alpha value is -1.61. The van der Waals surface area contributed by atoms with Crippen LogP contribution in [0.2, 0.25) is 0 Å². The predicted molar refractivity (Wildman–Crippen MR) is 87.3 cm³/mol. The van der Waals surface area contributed by atoms with Gasteiger partial charge < -0.3 is 0 Å². The number of nitrogens with zero attached hydrogens (tertiary/aromatic N) is 2. The maximum atomic E-state index is 5.02. The molecule has 0 fully saturated rings. The molecule has 1 atom stereocenters. The van der Waals surface area contributed by atoms with Crippen molar-refractivity contribution < 1.29 is 0 Å². The van der Waals surface area contributed by atoms with Gasteiger partial charge in [-0.05, 0) is 43.6 Å². The van der Waals surface area contributed by atoms with Crippen molar-refractivity contribution >= 4 is 16.3 Å². The summed E-state index contributed by atoms with van der Waals surface area (Å²) in [5.41, 5.74) is 7.07. The minimum atomic E-state index is 0.591. The van der Waals surface area contributed by atoms with Gasteiger partial charge in [-0.25, -0.2) is 4.98 Å². The highest BCUT2D eigenvalue weighted by Gasteiger charge is 2.29. The van der Waals surface area contributed by atoms with Crippen LogP contribution in [0.1, 0.15) is 47.5 Å². The first-order valence-electron chi connectivity index (χ1n) is 7.94. The van der Waals surface area contributed by atoms with Gasteiger partial charge in [-0.2, -0.15) is 0 Å². The van der Waals surface area contributed by atoms with Gasteiger partial charge in [0.15, 0.2) is 4.96 Å². The number of rotatable bonds is 0. The molecule has 1 aromatic carbocycles. The molecule has 2 nitrogen and oxygen atoms in total. The average Bonchev–Trinajstić information content (AvgIpc) is 3.04. The normalized spacial score (nSPS) is 20.1. The second-order valence-corrected chi connectivity index (χ2v) is 7.46. The Kier molecular flexibility index (Phi) is 2.40. The highest BCUT2D eigenvalue weighted by atomic mass is 32.1. The Morgan fingerprint density at radius 1 is 1.14 bits per heavy atom. The molecule has 106 valence electrons. The summed E-state index contributed by atoms with van der Waals surface area (Å²) in [5.74, 6) is 0.591. The van der Waals surface area contributed by atoms with Crippen molar-refractivity contribution in [3.05, 3.63) is 46.1 Å². The van der Waals surface area contributed by atoms with E-state index >= 15 is 0 Å². The number of aromatic nitrogens is 2.